The zero-order valence-electron chi connectivity index (χ0n) is 21.1. The van der Waals surface area contributed by atoms with Gasteiger partial charge in [-0.1, -0.05) is 60.1 Å². The van der Waals surface area contributed by atoms with Gasteiger partial charge in [-0.2, -0.15) is 8.78 Å². The molecule has 0 aliphatic heterocycles. The van der Waals surface area contributed by atoms with Crippen LogP contribution in [-0.2, 0) is 25.0 Å². The quantitative estimate of drug-likeness (QED) is 0.255. The van der Waals surface area contributed by atoms with Crippen LogP contribution in [0.2, 0.25) is 5.02 Å². The van der Waals surface area contributed by atoms with Crippen molar-refractivity contribution in [3.8, 4) is 5.75 Å². The third kappa shape index (κ3) is 4.52. The lowest BCUT2D eigenvalue weighted by Crippen LogP contribution is -2.31. The Morgan fingerprint density at radius 1 is 1.00 bits per heavy atom. The van der Waals surface area contributed by atoms with Crippen molar-refractivity contribution in [2.24, 2.45) is 7.05 Å². The molecule has 2 aromatic heterocycles. The molecule has 1 atom stereocenters. The number of nitrogens with zero attached hydrogens (tertiary/aromatic N) is 3. The van der Waals surface area contributed by atoms with Gasteiger partial charge in [0.1, 0.15) is 11.4 Å². The Balaban J connectivity index is 1.79. The van der Waals surface area contributed by atoms with E-state index in [1.807, 2.05) is 30.3 Å². The maximum atomic E-state index is 14.8. The predicted molar refractivity (Wildman–Crippen MR) is 144 cm³/mol. The van der Waals surface area contributed by atoms with Gasteiger partial charge in [-0.15, -0.1) is 0 Å². The number of hydrogen-bond acceptors (Lipinski definition) is 4. The highest BCUT2D eigenvalue weighted by Crippen LogP contribution is 2.42. The Bertz CT molecular complexity index is 1600. The Morgan fingerprint density at radius 2 is 1.68 bits per heavy atom. The van der Waals surface area contributed by atoms with Gasteiger partial charge in [0.05, 0.1) is 30.8 Å². The summed E-state index contributed by atoms with van der Waals surface area (Å²) in [4.78, 5) is 8.60. The highest BCUT2D eigenvalue weighted by atomic mass is 35.5. The minimum absolute atomic E-state index is 0.207. The molecular weight excluding hydrogens is 508 g/mol. The van der Waals surface area contributed by atoms with Crippen LogP contribution in [0.25, 0.3) is 10.9 Å². The van der Waals surface area contributed by atoms with Gasteiger partial charge in [0, 0.05) is 36.4 Å². The molecule has 1 unspecified atom stereocenters. The number of aromatic nitrogens is 3. The van der Waals surface area contributed by atoms with E-state index < -0.39 is 11.5 Å². The standard InChI is InChI=1S/C30H26ClF2N3O2/c1-29(32,33)28-24(15-19-7-5-4-6-8-19)27(38-3)23-16-21(11-14-25(23)35-28)30(37,26-17-34-18-36(26)2)20-9-12-22(31)13-10-20/h4-14,16-18,37H,15H2,1-3H3. The maximum absolute atomic E-state index is 14.8. The summed E-state index contributed by atoms with van der Waals surface area (Å²) in [6.07, 6.45) is 3.40. The van der Waals surface area contributed by atoms with Crippen LogP contribution in [0.3, 0.4) is 0 Å². The molecule has 2 heterocycles. The molecule has 0 fully saturated rings. The number of halogens is 3. The average Bonchev–Trinajstić information content (AvgIpc) is 3.34. The molecule has 5 nitrogen and oxygen atoms in total. The van der Waals surface area contributed by atoms with Crippen molar-refractivity contribution in [3.05, 3.63) is 124 Å². The first kappa shape index (κ1) is 25.8. The average molecular weight is 534 g/mol. The van der Waals surface area contributed by atoms with Crippen LogP contribution in [0.15, 0.2) is 85.3 Å². The summed E-state index contributed by atoms with van der Waals surface area (Å²) in [5, 5.41) is 13.4. The molecule has 0 aliphatic carbocycles. The van der Waals surface area contributed by atoms with Crippen LogP contribution in [0.4, 0.5) is 8.78 Å². The molecule has 0 aliphatic rings. The molecular formula is C30H26ClF2N3O2. The summed E-state index contributed by atoms with van der Waals surface area (Å²) in [6.45, 7) is 0.838. The highest BCUT2D eigenvalue weighted by Gasteiger charge is 2.38. The van der Waals surface area contributed by atoms with E-state index in [0.717, 1.165) is 12.5 Å². The number of aliphatic hydroxyl groups is 1. The molecule has 38 heavy (non-hydrogen) atoms. The lowest BCUT2D eigenvalue weighted by atomic mass is 9.82. The zero-order chi connectivity index (χ0) is 27.1. The number of imidazole rings is 1. The van der Waals surface area contributed by atoms with Crippen LogP contribution < -0.4 is 4.74 Å². The van der Waals surface area contributed by atoms with E-state index in [-0.39, 0.29) is 12.1 Å². The number of pyridine rings is 1. The molecule has 0 spiro atoms. The monoisotopic (exact) mass is 533 g/mol. The van der Waals surface area contributed by atoms with Gasteiger partial charge in [-0.25, -0.2) is 9.97 Å². The second-order valence-corrected chi connectivity index (χ2v) is 9.80. The van der Waals surface area contributed by atoms with Crippen molar-refractivity contribution in [2.75, 3.05) is 7.11 Å². The first-order valence-electron chi connectivity index (χ1n) is 12.0. The van der Waals surface area contributed by atoms with E-state index in [0.29, 0.717) is 44.1 Å². The summed E-state index contributed by atoms with van der Waals surface area (Å²) < 4.78 is 37.2. The lowest BCUT2D eigenvalue weighted by Gasteiger charge is -2.30. The molecule has 0 bridgehead atoms. The Morgan fingerprint density at radius 3 is 2.29 bits per heavy atom. The molecule has 0 saturated carbocycles. The molecule has 0 amide bonds. The number of aryl methyl sites for hydroxylation is 1. The van der Waals surface area contributed by atoms with Crippen LogP contribution >= 0.6 is 11.6 Å². The fourth-order valence-electron chi connectivity index (χ4n) is 4.92. The normalized spacial score (nSPS) is 13.4. The van der Waals surface area contributed by atoms with Gasteiger partial charge in [-0.05, 0) is 41.0 Å². The van der Waals surface area contributed by atoms with Gasteiger partial charge >= 0.3 is 0 Å². The Kier molecular flexibility index (Phi) is 6.67. The fraction of sp³-hybridized carbons (Fsp3) is 0.200. The van der Waals surface area contributed by atoms with Gasteiger partial charge in [0.2, 0.25) is 0 Å². The van der Waals surface area contributed by atoms with Gasteiger partial charge in [-0.3, -0.25) is 0 Å². The highest BCUT2D eigenvalue weighted by molar-refractivity contribution is 6.30. The second kappa shape index (κ2) is 9.82. The minimum Gasteiger partial charge on any atom is -0.496 e. The number of benzene rings is 3. The minimum atomic E-state index is -3.19. The maximum Gasteiger partial charge on any atom is 0.287 e. The summed E-state index contributed by atoms with van der Waals surface area (Å²) in [7, 11) is 3.25. The van der Waals surface area contributed by atoms with E-state index in [9.17, 15) is 13.9 Å². The zero-order valence-corrected chi connectivity index (χ0v) is 21.9. The van der Waals surface area contributed by atoms with Crippen molar-refractivity contribution < 1.29 is 18.6 Å². The van der Waals surface area contributed by atoms with Crippen LogP contribution in [0.5, 0.6) is 5.75 Å². The predicted octanol–water partition coefficient (Wildman–Crippen LogP) is 6.62. The molecule has 5 rings (SSSR count). The summed E-state index contributed by atoms with van der Waals surface area (Å²) in [6, 6.07) is 21.3. The Hall–Kier alpha value is -3.81. The lowest BCUT2D eigenvalue weighted by molar-refractivity contribution is 0.0119. The molecule has 0 radical (unpaired) electrons. The van der Waals surface area contributed by atoms with Crippen molar-refractivity contribution in [1.82, 2.24) is 14.5 Å². The number of fused-ring (bicyclic) bond motifs is 1. The van der Waals surface area contributed by atoms with Crippen LogP contribution in [0.1, 0.15) is 40.6 Å². The molecule has 0 saturated heterocycles. The Labute approximate surface area is 224 Å². The van der Waals surface area contributed by atoms with E-state index in [1.54, 1.807) is 66.6 Å². The number of alkyl halides is 2. The van der Waals surface area contributed by atoms with Crippen molar-refractivity contribution in [1.29, 1.82) is 0 Å². The molecule has 5 aromatic rings. The van der Waals surface area contributed by atoms with E-state index in [1.165, 1.54) is 7.11 Å². The van der Waals surface area contributed by atoms with Crippen LogP contribution in [0, 0.1) is 0 Å². The number of rotatable bonds is 7. The van der Waals surface area contributed by atoms with E-state index in [2.05, 4.69) is 9.97 Å². The van der Waals surface area contributed by atoms with Crippen molar-refractivity contribution in [2.45, 2.75) is 24.9 Å². The van der Waals surface area contributed by atoms with Crippen molar-refractivity contribution >= 4 is 22.5 Å². The third-order valence-corrected chi connectivity index (χ3v) is 7.00. The smallest absolute Gasteiger partial charge is 0.287 e. The number of methoxy groups -OCH3 is 1. The first-order chi connectivity index (χ1) is 18.1. The summed E-state index contributed by atoms with van der Waals surface area (Å²) in [5.41, 5.74) is 1.11. The third-order valence-electron chi connectivity index (χ3n) is 6.74. The molecule has 194 valence electrons. The second-order valence-electron chi connectivity index (χ2n) is 9.36. The van der Waals surface area contributed by atoms with Crippen LogP contribution in [-0.4, -0.2) is 26.8 Å². The SMILES string of the molecule is COc1c(Cc2ccccc2)c(C(C)(F)F)nc2ccc(C(O)(c3ccc(Cl)cc3)c3cncn3C)cc12. The number of ether oxygens (including phenoxy) is 1. The fourth-order valence-corrected chi connectivity index (χ4v) is 5.04. The van der Waals surface area contributed by atoms with Gasteiger partial charge < -0.3 is 14.4 Å². The van der Waals surface area contributed by atoms with Gasteiger partial charge in [0.15, 0.2) is 5.60 Å². The van der Waals surface area contributed by atoms with E-state index in [4.69, 9.17) is 16.3 Å². The topological polar surface area (TPSA) is 60.2 Å². The first-order valence-corrected chi connectivity index (χ1v) is 12.4. The molecule has 3 aromatic carbocycles. The van der Waals surface area contributed by atoms with E-state index >= 15 is 0 Å². The molecule has 1 N–H and O–H groups in total. The number of hydrogen-bond donors (Lipinski definition) is 1. The molecule has 8 heteroatoms. The summed E-state index contributed by atoms with van der Waals surface area (Å²) in [5.74, 6) is -2.90. The largest absolute Gasteiger partial charge is 0.496 e. The van der Waals surface area contributed by atoms with Gasteiger partial charge in [0.25, 0.3) is 5.92 Å². The summed E-state index contributed by atoms with van der Waals surface area (Å²) >= 11 is 6.13. The van der Waals surface area contributed by atoms with Crippen molar-refractivity contribution in [3.63, 3.8) is 0 Å².